The maximum atomic E-state index is 4.51. The molecule has 0 saturated carbocycles. The number of rotatable bonds is 1. The first-order valence-corrected chi connectivity index (χ1v) is 4.92. The smallest absolute Gasteiger partial charge is 0.0671 e. The van der Waals surface area contributed by atoms with Crippen molar-refractivity contribution in [2.75, 3.05) is 0 Å². The second kappa shape index (κ2) is 3.09. The van der Waals surface area contributed by atoms with Crippen molar-refractivity contribution >= 4 is 17.0 Å². The molecule has 2 rings (SSSR count). The number of nitrogens with zero attached hydrogens (tertiary/aromatic N) is 1. The molecule has 1 aliphatic heterocycles. The summed E-state index contributed by atoms with van der Waals surface area (Å²) in [7, 11) is 0. The van der Waals surface area contributed by atoms with Gasteiger partial charge in [0.05, 0.1) is 5.69 Å². The van der Waals surface area contributed by atoms with Crippen LogP contribution in [0.15, 0.2) is 23.7 Å². The molecule has 1 aromatic rings. The zero-order chi connectivity index (χ0) is 10.3. The number of aliphatic imine (C=N–C) groups is 1. The van der Waals surface area contributed by atoms with Crippen molar-refractivity contribution in [1.29, 1.82) is 0 Å². The Morgan fingerprint density at radius 2 is 2.07 bits per heavy atom. The molecule has 0 N–H and O–H groups in total. The van der Waals surface area contributed by atoms with Crippen molar-refractivity contribution in [2.45, 2.75) is 27.2 Å². The number of hydrogen-bond acceptors (Lipinski definition) is 1. The molecule has 0 amide bonds. The summed E-state index contributed by atoms with van der Waals surface area (Å²) in [6.07, 6.45) is 0.985. The standard InChI is InChI=1S/C13H15N/c1-8(2)13-9(3)5-6-12-11(13)7-10(4)14-12/h5-6H,1,7H2,2-4H3. The van der Waals surface area contributed by atoms with Crippen LogP contribution < -0.4 is 0 Å². The molecule has 1 nitrogen and oxygen atoms in total. The van der Waals surface area contributed by atoms with Gasteiger partial charge in [0.2, 0.25) is 0 Å². The van der Waals surface area contributed by atoms with E-state index in [0.29, 0.717) is 0 Å². The van der Waals surface area contributed by atoms with Crippen molar-refractivity contribution in [2.24, 2.45) is 4.99 Å². The molecule has 0 radical (unpaired) electrons. The summed E-state index contributed by atoms with van der Waals surface area (Å²) in [4.78, 5) is 4.51. The topological polar surface area (TPSA) is 12.4 Å². The third kappa shape index (κ3) is 1.29. The van der Waals surface area contributed by atoms with Crippen molar-refractivity contribution in [3.63, 3.8) is 0 Å². The molecule has 1 heterocycles. The normalized spacial score (nSPS) is 13.8. The van der Waals surface area contributed by atoms with Crippen LogP contribution in [0.4, 0.5) is 5.69 Å². The van der Waals surface area contributed by atoms with Crippen molar-refractivity contribution in [1.82, 2.24) is 0 Å². The van der Waals surface area contributed by atoms with Crippen LogP contribution in [0.3, 0.4) is 0 Å². The molecule has 72 valence electrons. The first-order valence-electron chi connectivity index (χ1n) is 4.92. The highest BCUT2D eigenvalue weighted by Gasteiger charge is 2.16. The molecule has 0 fully saturated rings. The average molecular weight is 185 g/mol. The molecular weight excluding hydrogens is 170 g/mol. The predicted octanol–water partition coefficient (Wildman–Crippen LogP) is 3.68. The molecule has 0 aromatic heterocycles. The monoisotopic (exact) mass is 185 g/mol. The largest absolute Gasteiger partial charge is 0.257 e. The predicted molar refractivity (Wildman–Crippen MR) is 62.4 cm³/mol. The van der Waals surface area contributed by atoms with Gasteiger partial charge < -0.3 is 0 Å². The number of benzene rings is 1. The van der Waals surface area contributed by atoms with Gasteiger partial charge in [0.15, 0.2) is 0 Å². The van der Waals surface area contributed by atoms with E-state index in [9.17, 15) is 0 Å². The van der Waals surface area contributed by atoms with Crippen LogP contribution >= 0.6 is 0 Å². The second-order valence-electron chi connectivity index (χ2n) is 4.06. The zero-order valence-corrected chi connectivity index (χ0v) is 9.02. The first kappa shape index (κ1) is 9.20. The first-order chi connectivity index (χ1) is 6.59. The number of allylic oxidation sites excluding steroid dienone is 1. The Kier molecular flexibility index (Phi) is 2.03. The fraction of sp³-hybridized carbons (Fsp3) is 0.308. The van der Waals surface area contributed by atoms with Crippen LogP contribution in [0.5, 0.6) is 0 Å². The maximum Gasteiger partial charge on any atom is 0.0671 e. The summed E-state index contributed by atoms with van der Waals surface area (Å²) in [6, 6.07) is 4.23. The summed E-state index contributed by atoms with van der Waals surface area (Å²) in [6.45, 7) is 10.3. The highest BCUT2D eigenvalue weighted by atomic mass is 14.8. The third-order valence-electron chi connectivity index (χ3n) is 2.67. The summed E-state index contributed by atoms with van der Waals surface area (Å²) in [5, 5.41) is 0. The minimum atomic E-state index is 0.985. The Morgan fingerprint density at radius 1 is 1.36 bits per heavy atom. The van der Waals surface area contributed by atoms with E-state index >= 15 is 0 Å². The lowest BCUT2D eigenvalue weighted by Crippen LogP contribution is -1.96. The lowest BCUT2D eigenvalue weighted by Gasteiger charge is -2.10. The van der Waals surface area contributed by atoms with Crippen LogP contribution in [0.1, 0.15) is 30.5 Å². The lowest BCUT2D eigenvalue weighted by atomic mass is 9.94. The van der Waals surface area contributed by atoms with E-state index in [2.05, 4.69) is 44.5 Å². The van der Waals surface area contributed by atoms with E-state index in [-0.39, 0.29) is 0 Å². The van der Waals surface area contributed by atoms with Crippen molar-refractivity contribution in [3.05, 3.63) is 35.4 Å². The molecule has 14 heavy (non-hydrogen) atoms. The van der Waals surface area contributed by atoms with Gasteiger partial charge in [-0.15, -0.1) is 0 Å². The van der Waals surface area contributed by atoms with E-state index < -0.39 is 0 Å². The van der Waals surface area contributed by atoms with Gasteiger partial charge in [-0.05, 0) is 43.5 Å². The number of hydrogen-bond donors (Lipinski definition) is 0. The van der Waals surface area contributed by atoms with Crippen LogP contribution in [0, 0.1) is 6.92 Å². The molecule has 0 atom stereocenters. The number of fused-ring (bicyclic) bond motifs is 1. The van der Waals surface area contributed by atoms with Gasteiger partial charge in [-0.2, -0.15) is 0 Å². The summed E-state index contributed by atoms with van der Waals surface area (Å²) in [5.74, 6) is 0. The second-order valence-corrected chi connectivity index (χ2v) is 4.06. The molecule has 1 heteroatoms. The van der Waals surface area contributed by atoms with Crippen molar-refractivity contribution < 1.29 is 0 Å². The van der Waals surface area contributed by atoms with Gasteiger partial charge in [-0.25, -0.2) is 0 Å². The Bertz CT molecular complexity index is 439. The maximum absolute atomic E-state index is 4.51. The van der Waals surface area contributed by atoms with Crippen LogP contribution in [0.25, 0.3) is 5.57 Å². The minimum Gasteiger partial charge on any atom is -0.257 e. The van der Waals surface area contributed by atoms with E-state index in [1.54, 1.807) is 0 Å². The Morgan fingerprint density at radius 3 is 2.71 bits per heavy atom. The molecular formula is C13H15N. The molecule has 0 unspecified atom stereocenters. The molecule has 0 saturated heterocycles. The van der Waals surface area contributed by atoms with Gasteiger partial charge in [0, 0.05) is 12.1 Å². The molecule has 1 aliphatic rings. The SMILES string of the molecule is C=C(C)c1c(C)ccc2c1CC(C)=N2. The van der Waals surface area contributed by atoms with Crippen LogP contribution in [-0.2, 0) is 6.42 Å². The van der Waals surface area contributed by atoms with Crippen LogP contribution in [0.2, 0.25) is 0 Å². The van der Waals surface area contributed by atoms with Gasteiger partial charge >= 0.3 is 0 Å². The highest BCUT2D eigenvalue weighted by molar-refractivity contribution is 5.94. The Labute approximate surface area is 85.2 Å². The average Bonchev–Trinajstić information content (AvgIpc) is 2.43. The fourth-order valence-corrected chi connectivity index (χ4v) is 2.13. The van der Waals surface area contributed by atoms with Crippen LogP contribution in [-0.4, -0.2) is 5.71 Å². The van der Waals surface area contributed by atoms with Gasteiger partial charge in [0.1, 0.15) is 0 Å². The van der Waals surface area contributed by atoms with Gasteiger partial charge in [-0.3, -0.25) is 4.99 Å². The number of aryl methyl sites for hydroxylation is 1. The fourth-order valence-electron chi connectivity index (χ4n) is 2.13. The van der Waals surface area contributed by atoms with E-state index in [0.717, 1.165) is 17.7 Å². The molecule has 0 bridgehead atoms. The minimum absolute atomic E-state index is 0.985. The quantitative estimate of drug-likeness (QED) is 0.633. The Balaban J connectivity index is 2.65. The highest BCUT2D eigenvalue weighted by Crippen LogP contribution is 2.34. The molecule has 0 aliphatic carbocycles. The van der Waals surface area contributed by atoms with Crippen molar-refractivity contribution in [3.8, 4) is 0 Å². The summed E-state index contributed by atoms with van der Waals surface area (Å²) >= 11 is 0. The lowest BCUT2D eigenvalue weighted by molar-refractivity contribution is 1.30. The third-order valence-corrected chi connectivity index (χ3v) is 2.67. The molecule has 1 aromatic carbocycles. The Hall–Kier alpha value is -1.37. The van der Waals surface area contributed by atoms with E-state index in [1.807, 2.05) is 0 Å². The zero-order valence-electron chi connectivity index (χ0n) is 9.02. The van der Waals surface area contributed by atoms with E-state index in [4.69, 9.17) is 0 Å². The van der Waals surface area contributed by atoms with E-state index in [1.165, 1.54) is 22.4 Å². The summed E-state index contributed by atoms with van der Waals surface area (Å²) in [5.41, 5.74) is 7.45. The molecule has 0 spiro atoms. The van der Waals surface area contributed by atoms with Gasteiger partial charge in [-0.1, -0.05) is 18.2 Å². The van der Waals surface area contributed by atoms with Gasteiger partial charge in [0.25, 0.3) is 0 Å². The summed E-state index contributed by atoms with van der Waals surface area (Å²) < 4.78 is 0.